The lowest BCUT2D eigenvalue weighted by Crippen LogP contribution is -2.58. The molecule has 6 rings (SSSR count). The molecule has 2 N–H and O–H groups in total. The van der Waals surface area contributed by atoms with Crippen LogP contribution in [0.4, 0.5) is 0 Å². The number of benzene rings is 1. The molecule has 2 aromatic rings. The van der Waals surface area contributed by atoms with Crippen LogP contribution in [-0.2, 0) is 0 Å². The molecule has 1 aromatic heterocycles. The molecule has 1 saturated carbocycles. The second kappa shape index (κ2) is 9.98. The highest BCUT2D eigenvalue weighted by Crippen LogP contribution is 2.42. The van der Waals surface area contributed by atoms with Crippen LogP contribution in [0.25, 0.3) is 10.9 Å². The van der Waals surface area contributed by atoms with E-state index in [0.717, 1.165) is 41.3 Å². The number of nitrogens with zero attached hydrogens (tertiary/aromatic N) is 2. The normalized spacial score (nSPS) is 28.3. The highest BCUT2D eigenvalue weighted by Gasteiger charge is 2.43. The summed E-state index contributed by atoms with van der Waals surface area (Å²) in [5, 5.41) is 9.34. The van der Waals surface area contributed by atoms with Gasteiger partial charge in [-0.3, -0.25) is 9.88 Å². The van der Waals surface area contributed by atoms with E-state index in [1.807, 2.05) is 18.3 Å². The standard InChI is InChI=1S/C27H36N4OS/c1-3-18-17-31-14-12-19(18)15-25(31)26(30-27(33)29-20-7-5-4-6-8-20)22-11-13-28-24-10-9-21(32-2)16-23(22)24/h3,9-11,13,16,18-20,25-26H,1,4-8,12,14-15,17H2,2H3,(H2,29,30,33)/t18-,19+,25+,26+/m1/s1. The number of hydrogen-bond donors (Lipinski definition) is 2. The summed E-state index contributed by atoms with van der Waals surface area (Å²) in [5.74, 6) is 2.15. The van der Waals surface area contributed by atoms with Gasteiger partial charge in [-0.15, -0.1) is 6.58 Å². The SMILES string of the molecule is C=C[C@@H]1CN2CC[C@H]1C[C@H]2[C@@H](NC(=S)NC1CCCCC1)c1ccnc2ccc(OC)cc12. The summed E-state index contributed by atoms with van der Waals surface area (Å²) < 4.78 is 5.55. The van der Waals surface area contributed by atoms with Crippen LogP contribution in [0.2, 0.25) is 0 Å². The van der Waals surface area contributed by atoms with Gasteiger partial charge < -0.3 is 15.4 Å². The second-order valence-electron chi connectivity index (χ2n) is 9.96. The molecule has 1 aliphatic carbocycles. The number of nitrogens with one attached hydrogen (secondary N) is 2. The molecule has 176 valence electrons. The van der Waals surface area contributed by atoms with Gasteiger partial charge in [-0.25, -0.2) is 0 Å². The molecule has 4 heterocycles. The van der Waals surface area contributed by atoms with E-state index in [2.05, 4.69) is 45.3 Å². The maximum atomic E-state index is 5.89. The number of pyridine rings is 1. The van der Waals surface area contributed by atoms with Crippen LogP contribution in [0.5, 0.6) is 5.75 Å². The molecule has 6 heteroatoms. The van der Waals surface area contributed by atoms with Crippen molar-refractivity contribution in [3.05, 3.63) is 48.7 Å². The Morgan fingerprint density at radius 2 is 2.09 bits per heavy atom. The van der Waals surface area contributed by atoms with Gasteiger partial charge in [-0.1, -0.05) is 25.3 Å². The molecule has 33 heavy (non-hydrogen) atoms. The minimum Gasteiger partial charge on any atom is -0.497 e. The first-order chi connectivity index (χ1) is 16.2. The van der Waals surface area contributed by atoms with E-state index in [1.165, 1.54) is 44.1 Å². The van der Waals surface area contributed by atoms with Crippen LogP contribution in [0, 0.1) is 11.8 Å². The zero-order valence-electron chi connectivity index (χ0n) is 19.6. The molecular formula is C27H36N4OS. The van der Waals surface area contributed by atoms with Crippen molar-refractivity contribution in [3.63, 3.8) is 0 Å². The van der Waals surface area contributed by atoms with E-state index < -0.39 is 0 Å². The van der Waals surface area contributed by atoms with E-state index in [1.54, 1.807) is 7.11 Å². The molecule has 0 amide bonds. The van der Waals surface area contributed by atoms with Crippen molar-refractivity contribution in [2.75, 3.05) is 20.2 Å². The number of methoxy groups -OCH3 is 1. The maximum Gasteiger partial charge on any atom is 0.167 e. The molecule has 3 saturated heterocycles. The first-order valence-electron chi connectivity index (χ1n) is 12.5. The van der Waals surface area contributed by atoms with E-state index >= 15 is 0 Å². The van der Waals surface area contributed by atoms with Crippen LogP contribution in [0.1, 0.15) is 56.6 Å². The molecule has 0 radical (unpaired) electrons. The fraction of sp³-hybridized carbons (Fsp3) is 0.556. The summed E-state index contributed by atoms with van der Waals surface area (Å²) in [6.07, 6.45) is 12.9. The Hall–Kier alpha value is -2.18. The van der Waals surface area contributed by atoms with Gasteiger partial charge in [0.05, 0.1) is 18.7 Å². The summed E-state index contributed by atoms with van der Waals surface area (Å²) in [7, 11) is 1.72. The van der Waals surface area contributed by atoms with Gasteiger partial charge in [0, 0.05) is 30.2 Å². The van der Waals surface area contributed by atoms with Crippen molar-refractivity contribution in [1.29, 1.82) is 0 Å². The highest BCUT2D eigenvalue weighted by molar-refractivity contribution is 7.80. The molecule has 4 fully saturated rings. The van der Waals surface area contributed by atoms with Crippen molar-refractivity contribution in [3.8, 4) is 5.75 Å². The third kappa shape index (κ3) is 4.73. The molecule has 5 atom stereocenters. The molecular weight excluding hydrogens is 428 g/mol. The average molecular weight is 465 g/mol. The van der Waals surface area contributed by atoms with Gasteiger partial charge in [0.25, 0.3) is 0 Å². The zero-order chi connectivity index (χ0) is 22.8. The Labute approximate surface area is 203 Å². The Bertz CT molecular complexity index is 1000. The largest absolute Gasteiger partial charge is 0.497 e. The number of rotatable bonds is 6. The highest BCUT2D eigenvalue weighted by atomic mass is 32.1. The van der Waals surface area contributed by atoms with Crippen LogP contribution in [-0.4, -0.2) is 47.3 Å². The summed E-state index contributed by atoms with van der Waals surface area (Å²) in [6.45, 7) is 6.34. The quantitative estimate of drug-likeness (QED) is 0.465. The van der Waals surface area contributed by atoms with Crippen molar-refractivity contribution in [2.24, 2.45) is 11.8 Å². The lowest BCUT2D eigenvalue weighted by atomic mass is 9.73. The molecule has 4 aliphatic rings. The molecule has 0 spiro atoms. The third-order valence-corrected chi connectivity index (χ3v) is 8.32. The lowest BCUT2D eigenvalue weighted by Gasteiger charge is -2.52. The van der Waals surface area contributed by atoms with Crippen LogP contribution < -0.4 is 15.4 Å². The lowest BCUT2D eigenvalue weighted by molar-refractivity contribution is 0.00426. The van der Waals surface area contributed by atoms with Crippen molar-refractivity contribution < 1.29 is 4.74 Å². The number of hydrogen-bond acceptors (Lipinski definition) is 4. The van der Waals surface area contributed by atoms with Crippen LogP contribution in [0.3, 0.4) is 0 Å². The first kappa shape index (κ1) is 22.6. The molecule has 3 aliphatic heterocycles. The summed E-state index contributed by atoms with van der Waals surface area (Å²) in [6, 6.07) is 9.29. The Kier molecular flexibility index (Phi) is 6.84. The number of thiocarbonyl (C=S) groups is 1. The van der Waals surface area contributed by atoms with Crippen molar-refractivity contribution in [2.45, 2.75) is 63.1 Å². The Morgan fingerprint density at radius 3 is 2.82 bits per heavy atom. The molecule has 1 aromatic carbocycles. The molecule has 5 nitrogen and oxygen atoms in total. The summed E-state index contributed by atoms with van der Waals surface area (Å²) >= 11 is 5.89. The van der Waals surface area contributed by atoms with Crippen LogP contribution >= 0.6 is 12.2 Å². The molecule has 2 bridgehead atoms. The smallest absolute Gasteiger partial charge is 0.167 e. The first-order valence-corrected chi connectivity index (χ1v) is 12.9. The van der Waals surface area contributed by atoms with Crippen LogP contribution in [0.15, 0.2) is 43.1 Å². The van der Waals surface area contributed by atoms with Gasteiger partial charge in [0.15, 0.2) is 5.11 Å². The number of fused-ring (bicyclic) bond motifs is 4. The number of aromatic nitrogens is 1. The fourth-order valence-electron chi connectivity index (χ4n) is 6.27. The number of piperidine rings is 3. The predicted octanol–water partition coefficient (Wildman–Crippen LogP) is 4.98. The van der Waals surface area contributed by atoms with E-state index in [4.69, 9.17) is 17.0 Å². The van der Waals surface area contributed by atoms with E-state index in [9.17, 15) is 0 Å². The third-order valence-electron chi connectivity index (χ3n) is 8.08. The average Bonchev–Trinajstić information content (AvgIpc) is 2.87. The fourth-order valence-corrected chi connectivity index (χ4v) is 6.56. The predicted molar refractivity (Wildman–Crippen MR) is 139 cm³/mol. The topological polar surface area (TPSA) is 49.4 Å². The zero-order valence-corrected chi connectivity index (χ0v) is 20.4. The maximum absolute atomic E-state index is 5.89. The van der Waals surface area contributed by atoms with Gasteiger partial charge >= 0.3 is 0 Å². The number of ether oxygens (including phenoxy) is 1. The van der Waals surface area contributed by atoms with Crippen molar-refractivity contribution >= 4 is 28.2 Å². The van der Waals surface area contributed by atoms with Gasteiger partial charge in [-0.2, -0.15) is 0 Å². The van der Waals surface area contributed by atoms with E-state index in [-0.39, 0.29) is 6.04 Å². The van der Waals surface area contributed by atoms with Gasteiger partial charge in [0.1, 0.15) is 5.75 Å². The molecule has 1 unspecified atom stereocenters. The van der Waals surface area contributed by atoms with Gasteiger partial charge in [-0.05, 0) is 86.1 Å². The summed E-state index contributed by atoms with van der Waals surface area (Å²) in [4.78, 5) is 7.28. The second-order valence-corrected chi connectivity index (χ2v) is 10.4. The van der Waals surface area contributed by atoms with E-state index in [0.29, 0.717) is 23.9 Å². The minimum atomic E-state index is 0.0970. The monoisotopic (exact) mass is 464 g/mol. The Balaban J connectivity index is 1.47. The Morgan fingerprint density at radius 1 is 1.24 bits per heavy atom. The van der Waals surface area contributed by atoms with Crippen molar-refractivity contribution in [1.82, 2.24) is 20.5 Å². The van der Waals surface area contributed by atoms with Gasteiger partial charge in [0.2, 0.25) is 0 Å². The minimum absolute atomic E-state index is 0.0970. The summed E-state index contributed by atoms with van der Waals surface area (Å²) in [5.41, 5.74) is 2.24.